The van der Waals surface area contributed by atoms with Crippen LogP contribution in [0.2, 0.25) is 0 Å². The van der Waals surface area contributed by atoms with Crippen molar-refractivity contribution in [2.24, 2.45) is 0 Å². The molecule has 1 saturated heterocycles. The Bertz CT molecular complexity index is 735. The Hall–Kier alpha value is -2.87. The largest absolute Gasteiger partial charge is 0.376 e. The molecule has 1 aromatic carbocycles. The van der Waals surface area contributed by atoms with E-state index in [9.17, 15) is 9.59 Å². The van der Waals surface area contributed by atoms with Crippen molar-refractivity contribution in [1.82, 2.24) is 10.5 Å². The van der Waals surface area contributed by atoms with Gasteiger partial charge in [-0.05, 0) is 44.0 Å². The number of hydrogen-bond donors (Lipinski definition) is 3. The number of nitrogens with one attached hydrogen (secondary N) is 3. The zero-order valence-electron chi connectivity index (χ0n) is 13.9. The molecule has 8 nitrogen and oxygen atoms in total. The molecular formula is C17H20N4O4. The van der Waals surface area contributed by atoms with Crippen molar-refractivity contribution < 1.29 is 18.8 Å². The molecule has 0 spiro atoms. The first kappa shape index (κ1) is 17.0. The molecule has 1 unspecified atom stereocenters. The Morgan fingerprint density at radius 2 is 1.92 bits per heavy atom. The molecule has 2 heterocycles. The number of amides is 3. The van der Waals surface area contributed by atoms with E-state index in [1.54, 1.807) is 37.3 Å². The average Bonchev–Trinajstić information content (AvgIpc) is 3.26. The fourth-order valence-electron chi connectivity index (χ4n) is 2.49. The first-order chi connectivity index (χ1) is 12.1. The lowest BCUT2D eigenvalue weighted by molar-refractivity contribution is 0.0988. The maximum absolute atomic E-state index is 12.0. The SMILES string of the molecule is Cc1cc(C(=O)Nc2ccc(NC(=O)NCC3CCCO3)cc2)on1. The molecule has 0 bridgehead atoms. The van der Waals surface area contributed by atoms with Crippen LogP contribution in [0, 0.1) is 6.92 Å². The molecule has 1 aromatic heterocycles. The summed E-state index contributed by atoms with van der Waals surface area (Å²) in [5.74, 6) is -0.233. The number of anilines is 2. The van der Waals surface area contributed by atoms with Crippen LogP contribution in [0.5, 0.6) is 0 Å². The number of benzene rings is 1. The smallest absolute Gasteiger partial charge is 0.319 e. The second-order valence-electron chi connectivity index (χ2n) is 5.83. The van der Waals surface area contributed by atoms with Gasteiger partial charge in [0.25, 0.3) is 5.91 Å². The van der Waals surface area contributed by atoms with Crippen molar-refractivity contribution in [2.75, 3.05) is 23.8 Å². The highest BCUT2D eigenvalue weighted by Crippen LogP contribution is 2.15. The molecule has 1 aliphatic heterocycles. The minimum atomic E-state index is -0.379. The summed E-state index contributed by atoms with van der Waals surface area (Å²) in [5.41, 5.74) is 1.85. The highest BCUT2D eigenvalue weighted by Gasteiger charge is 2.16. The summed E-state index contributed by atoms with van der Waals surface area (Å²) in [6.45, 7) is 3.00. The van der Waals surface area contributed by atoms with Gasteiger partial charge in [-0.15, -0.1) is 0 Å². The van der Waals surface area contributed by atoms with Gasteiger partial charge < -0.3 is 25.2 Å². The second kappa shape index (κ2) is 7.80. The minimum absolute atomic E-state index is 0.100. The van der Waals surface area contributed by atoms with E-state index in [1.165, 1.54) is 0 Å². The van der Waals surface area contributed by atoms with Crippen LogP contribution in [-0.4, -0.2) is 36.4 Å². The standard InChI is InChI=1S/C17H20N4O4/c1-11-9-15(25-21-11)16(22)19-12-4-6-13(7-5-12)20-17(23)18-10-14-3-2-8-24-14/h4-7,9,14H,2-3,8,10H2,1H3,(H,19,22)(H2,18,20,23). The van der Waals surface area contributed by atoms with Crippen molar-refractivity contribution in [3.63, 3.8) is 0 Å². The van der Waals surface area contributed by atoms with Crippen molar-refractivity contribution in [1.29, 1.82) is 0 Å². The molecule has 25 heavy (non-hydrogen) atoms. The van der Waals surface area contributed by atoms with Gasteiger partial charge in [-0.1, -0.05) is 5.16 Å². The van der Waals surface area contributed by atoms with Crippen molar-refractivity contribution in [2.45, 2.75) is 25.9 Å². The second-order valence-corrected chi connectivity index (χ2v) is 5.83. The van der Waals surface area contributed by atoms with E-state index < -0.39 is 0 Å². The Labute approximate surface area is 144 Å². The Morgan fingerprint density at radius 1 is 1.20 bits per heavy atom. The summed E-state index contributed by atoms with van der Waals surface area (Å²) < 4.78 is 10.4. The maximum atomic E-state index is 12.0. The number of carbonyl (C=O) groups is 2. The maximum Gasteiger partial charge on any atom is 0.319 e. The summed E-state index contributed by atoms with van der Waals surface area (Å²) in [6, 6.07) is 8.06. The van der Waals surface area contributed by atoms with Crippen molar-refractivity contribution >= 4 is 23.3 Å². The molecule has 0 radical (unpaired) electrons. The molecule has 8 heteroatoms. The third-order valence-electron chi connectivity index (χ3n) is 3.77. The predicted octanol–water partition coefficient (Wildman–Crippen LogP) is 2.54. The minimum Gasteiger partial charge on any atom is -0.376 e. The lowest BCUT2D eigenvalue weighted by Gasteiger charge is -2.12. The number of aromatic nitrogens is 1. The molecule has 1 atom stereocenters. The van der Waals surface area contributed by atoms with Crippen LogP contribution in [0.3, 0.4) is 0 Å². The topological polar surface area (TPSA) is 105 Å². The Morgan fingerprint density at radius 3 is 2.52 bits per heavy atom. The highest BCUT2D eigenvalue weighted by atomic mass is 16.5. The first-order valence-corrected chi connectivity index (χ1v) is 8.11. The van der Waals surface area contributed by atoms with E-state index in [4.69, 9.17) is 9.26 Å². The van der Waals surface area contributed by atoms with Crippen molar-refractivity contribution in [3.05, 3.63) is 41.8 Å². The highest BCUT2D eigenvalue weighted by molar-refractivity contribution is 6.02. The predicted molar refractivity (Wildman–Crippen MR) is 91.6 cm³/mol. The van der Waals surface area contributed by atoms with Gasteiger partial charge in [-0.25, -0.2) is 4.79 Å². The van der Waals surface area contributed by atoms with E-state index in [0.717, 1.165) is 19.4 Å². The Kier molecular flexibility index (Phi) is 5.30. The molecule has 1 fully saturated rings. The number of hydrogen-bond acceptors (Lipinski definition) is 5. The monoisotopic (exact) mass is 344 g/mol. The van der Waals surface area contributed by atoms with Gasteiger partial charge in [-0.2, -0.15) is 0 Å². The molecule has 132 valence electrons. The normalized spacial score (nSPS) is 16.4. The zero-order valence-corrected chi connectivity index (χ0v) is 13.9. The summed E-state index contributed by atoms with van der Waals surface area (Å²) in [7, 11) is 0. The van der Waals surface area contributed by atoms with Crippen LogP contribution in [-0.2, 0) is 4.74 Å². The number of aryl methyl sites for hydroxylation is 1. The third kappa shape index (κ3) is 4.80. The molecule has 3 amide bonds. The number of nitrogens with zero attached hydrogens (tertiary/aromatic N) is 1. The van der Waals surface area contributed by atoms with Gasteiger partial charge in [0.05, 0.1) is 11.8 Å². The fraction of sp³-hybridized carbons (Fsp3) is 0.353. The molecule has 3 rings (SSSR count). The number of carbonyl (C=O) groups excluding carboxylic acids is 2. The van der Waals surface area contributed by atoms with E-state index >= 15 is 0 Å². The first-order valence-electron chi connectivity index (χ1n) is 8.11. The lowest BCUT2D eigenvalue weighted by Crippen LogP contribution is -2.35. The van der Waals surface area contributed by atoms with Crippen LogP contribution < -0.4 is 16.0 Å². The summed E-state index contributed by atoms with van der Waals surface area (Å²) >= 11 is 0. The van der Waals surface area contributed by atoms with Crippen LogP contribution in [0.25, 0.3) is 0 Å². The Balaban J connectivity index is 1.48. The zero-order chi connectivity index (χ0) is 17.6. The van der Waals surface area contributed by atoms with E-state index in [1.807, 2.05) is 0 Å². The van der Waals surface area contributed by atoms with Crippen LogP contribution in [0.1, 0.15) is 29.1 Å². The van der Waals surface area contributed by atoms with Crippen LogP contribution in [0.4, 0.5) is 16.2 Å². The van der Waals surface area contributed by atoms with Gasteiger partial charge in [-0.3, -0.25) is 4.79 Å². The quantitative estimate of drug-likeness (QED) is 0.773. The van der Waals surface area contributed by atoms with E-state index in [-0.39, 0.29) is 23.8 Å². The summed E-state index contributed by atoms with van der Waals surface area (Å²) in [4.78, 5) is 23.8. The average molecular weight is 344 g/mol. The van der Waals surface area contributed by atoms with E-state index in [2.05, 4.69) is 21.1 Å². The van der Waals surface area contributed by atoms with Crippen LogP contribution >= 0.6 is 0 Å². The number of urea groups is 1. The van der Waals surface area contributed by atoms with Crippen LogP contribution in [0.15, 0.2) is 34.9 Å². The molecule has 2 aromatic rings. The number of rotatable bonds is 5. The van der Waals surface area contributed by atoms with E-state index in [0.29, 0.717) is 23.6 Å². The van der Waals surface area contributed by atoms with Gasteiger partial charge in [0.2, 0.25) is 5.76 Å². The van der Waals surface area contributed by atoms with Gasteiger partial charge in [0.15, 0.2) is 0 Å². The fourth-order valence-corrected chi connectivity index (χ4v) is 2.49. The van der Waals surface area contributed by atoms with Gasteiger partial charge >= 0.3 is 6.03 Å². The van der Waals surface area contributed by atoms with Gasteiger partial charge in [0.1, 0.15) is 0 Å². The molecule has 0 aliphatic carbocycles. The number of ether oxygens (including phenoxy) is 1. The molecule has 1 aliphatic rings. The summed E-state index contributed by atoms with van der Waals surface area (Å²) in [6.07, 6.45) is 2.11. The molecule has 3 N–H and O–H groups in total. The summed E-state index contributed by atoms with van der Waals surface area (Å²) in [5, 5.41) is 11.9. The molecular weight excluding hydrogens is 324 g/mol. The lowest BCUT2D eigenvalue weighted by atomic mass is 10.2. The van der Waals surface area contributed by atoms with Gasteiger partial charge in [0, 0.05) is 30.6 Å². The molecule has 0 saturated carbocycles. The van der Waals surface area contributed by atoms with Crippen molar-refractivity contribution in [3.8, 4) is 0 Å². The third-order valence-corrected chi connectivity index (χ3v) is 3.77.